The van der Waals surface area contributed by atoms with E-state index in [0.29, 0.717) is 5.47 Å². The van der Waals surface area contributed by atoms with Gasteiger partial charge >= 0.3 is 7.12 Å². The largest absolute Gasteiger partial charge is 0.497 e. The molecule has 3 aromatic carbocycles. The number of ether oxygens (including phenoxy) is 1. The first kappa shape index (κ1) is 24.5. The van der Waals surface area contributed by atoms with Gasteiger partial charge in [-0.3, -0.25) is 0 Å². The third-order valence-corrected chi connectivity index (χ3v) is 10.5. The van der Waals surface area contributed by atoms with Crippen molar-refractivity contribution >= 4 is 24.9 Å². The van der Waals surface area contributed by atoms with Gasteiger partial charge in [0.05, 0.1) is 24.0 Å². The Morgan fingerprint density at radius 2 is 1.26 bits per heavy atom. The van der Waals surface area contributed by atoms with Gasteiger partial charge in [0.1, 0.15) is 5.75 Å². The van der Waals surface area contributed by atoms with Gasteiger partial charge in [-0.25, -0.2) is 0 Å². The van der Waals surface area contributed by atoms with Gasteiger partial charge in [-0.15, -0.1) is 6.58 Å². The van der Waals surface area contributed by atoms with Crippen LogP contribution in [0.3, 0.4) is 0 Å². The first-order valence-electron chi connectivity index (χ1n) is 11.5. The van der Waals surface area contributed by atoms with Crippen LogP contribution in [-0.4, -0.2) is 25.4 Å². The summed E-state index contributed by atoms with van der Waals surface area (Å²) in [5, 5.41) is 1.53. The monoisotopic (exact) mass is 474 g/mol. The molecule has 1 fully saturated rings. The molecule has 4 rings (SSSR count). The number of rotatable bonds is 7. The highest BCUT2D eigenvalue weighted by Crippen LogP contribution is 2.61. The van der Waals surface area contributed by atoms with Gasteiger partial charge in [0, 0.05) is 10.6 Å². The summed E-state index contributed by atoms with van der Waals surface area (Å²) in [5.74, 6) is 0.734. The smallest absolute Gasteiger partial charge is 0.491 e. The Bertz CT molecular complexity index is 1130. The first-order valence-corrected chi connectivity index (χ1v) is 13.3. The number of benzene rings is 3. The highest BCUT2D eigenvalue weighted by Gasteiger charge is 2.55. The second kappa shape index (κ2) is 9.22. The fourth-order valence-electron chi connectivity index (χ4n) is 4.31. The van der Waals surface area contributed by atoms with Gasteiger partial charge in [0.2, 0.25) is 0 Å². The molecular formula is C28H32BO4P. The van der Waals surface area contributed by atoms with E-state index in [0.717, 1.165) is 21.9 Å². The van der Waals surface area contributed by atoms with Crippen molar-refractivity contribution in [2.45, 2.75) is 44.6 Å². The van der Waals surface area contributed by atoms with Crippen LogP contribution in [0.15, 0.2) is 97.0 Å². The van der Waals surface area contributed by atoms with Crippen molar-refractivity contribution in [2.75, 3.05) is 7.11 Å². The summed E-state index contributed by atoms with van der Waals surface area (Å²) in [6, 6.07) is 27.0. The van der Waals surface area contributed by atoms with Crippen LogP contribution in [0.4, 0.5) is 0 Å². The van der Waals surface area contributed by atoms with E-state index in [2.05, 4.69) is 6.58 Å². The lowest BCUT2D eigenvalue weighted by Crippen LogP contribution is -2.41. The maximum absolute atomic E-state index is 15.4. The molecule has 0 N–H and O–H groups in total. The molecule has 0 aliphatic carbocycles. The predicted molar refractivity (Wildman–Crippen MR) is 141 cm³/mol. The van der Waals surface area contributed by atoms with E-state index in [4.69, 9.17) is 14.0 Å². The fourth-order valence-corrected chi connectivity index (χ4v) is 7.62. The van der Waals surface area contributed by atoms with Crippen molar-refractivity contribution in [1.82, 2.24) is 0 Å². The van der Waals surface area contributed by atoms with Gasteiger partial charge < -0.3 is 18.6 Å². The van der Waals surface area contributed by atoms with Crippen LogP contribution in [0, 0.1) is 0 Å². The van der Waals surface area contributed by atoms with Crippen LogP contribution in [0.2, 0.25) is 0 Å². The standard InChI is InChI=1S/C28H32BO4P/c1-21(29-32-27(2,3)28(4,5)33-29)26(22-17-19-23(31-6)20-18-22)34(30,24-13-9-7-10-14-24)25-15-11-8-12-16-25/h7-20,26H,1H2,2-6H3. The molecule has 1 aliphatic heterocycles. The van der Waals surface area contributed by atoms with Gasteiger partial charge in [-0.1, -0.05) is 72.8 Å². The molecule has 0 radical (unpaired) electrons. The fraction of sp³-hybridized carbons (Fsp3) is 0.286. The van der Waals surface area contributed by atoms with E-state index in [1.54, 1.807) is 7.11 Å². The van der Waals surface area contributed by atoms with Crippen LogP contribution in [0.5, 0.6) is 5.75 Å². The highest BCUT2D eigenvalue weighted by atomic mass is 31.2. The second-order valence-electron chi connectivity index (χ2n) is 9.67. The minimum Gasteiger partial charge on any atom is -0.497 e. The van der Waals surface area contributed by atoms with Crippen molar-refractivity contribution in [2.24, 2.45) is 0 Å². The molecule has 0 aromatic heterocycles. The number of allylic oxidation sites excluding steroid dienone is 1. The second-order valence-corrected chi connectivity index (χ2v) is 12.5. The molecule has 1 aliphatic rings. The summed E-state index contributed by atoms with van der Waals surface area (Å²) in [6.45, 7) is 12.5. The average Bonchev–Trinajstić information content (AvgIpc) is 3.07. The summed E-state index contributed by atoms with van der Waals surface area (Å²) in [6.07, 6.45) is 0. The molecular weight excluding hydrogens is 442 g/mol. The van der Waals surface area contributed by atoms with Crippen molar-refractivity contribution in [3.63, 3.8) is 0 Å². The van der Waals surface area contributed by atoms with Crippen LogP contribution in [0.25, 0.3) is 0 Å². The Morgan fingerprint density at radius 3 is 1.68 bits per heavy atom. The molecule has 6 heteroatoms. The Hall–Kier alpha value is -2.59. The average molecular weight is 474 g/mol. The van der Waals surface area contributed by atoms with E-state index < -0.39 is 31.1 Å². The van der Waals surface area contributed by atoms with Gasteiger partial charge in [0.25, 0.3) is 0 Å². The van der Waals surface area contributed by atoms with E-state index in [-0.39, 0.29) is 0 Å². The number of hydrogen-bond acceptors (Lipinski definition) is 4. The summed E-state index contributed by atoms with van der Waals surface area (Å²) >= 11 is 0. The zero-order chi connectivity index (χ0) is 24.6. The minimum atomic E-state index is -3.27. The van der Waals surface area contributed by atoms with Crippen molar-refractivity contribution < 1.29 is 18.6 Å². The molecule has 0 amide bonds. The lowest BCUT2D eigenvalue weighted by Gasteiger charge is -2.32. The summed E-state index contributed by atoms with van der Waals surface area (Å²) in [4.78, 5) is 0. The Labute approximate surface area is 203 Å². The van der Waals surface area contributed by atoms with Gasteiger partial charge in [-0.2, -0.15) is 0 Å². The minimum absolute atomic E-state index is 0.533. The van der Waals surface area contributed by atoms with E-state index in [1.807, 2.05) is 113 Å². The highest BCUT2D eigenvalue weighted by molar-refractivity contribution is 7.79. The SMILES string of the molecule is C=C(B1OC(C)(C)C(C)(C)O1)C(c1ccc(OC)cc1)P(=O)(c1ccccc1)c1ccccc1. The third kappa shape index (κ3) is 4.29. The van der Waals surface area contributed by atoms with Crippen molar-refractivity contribution in [3.8, 4) is 5.75 Å². The van der Waals surface area contributed by atoms with Gasteiger partial charge in [0.15, 0.2) is 7.14 Å². The van der Waals surface area contributed by atoms with E-state index in [9.17, 15) is 0 Å². The van der Waals surface area contributed by atoms with Crippen molar-refractivity contribution in [1.29, 1.82) is 0 Å². The quantitative estimate of drug-likeness (QED) is 0.314. The maximum Gasteiger partial charge on any atom is 0.491 e. The Kier molecular flexibility index (Phi) is 6.66. The zero-order valence-electron chi connectivity index (χ0n) is 20.5. The lowest BCUT2D eigenvalue weighted by molar-refractivity contribution is 0.00578. The lowest BCUT2D eigenvalue weighted by atomic mass is 9.75. The summed E-state index contributed by atoms with van der Waals surface area (Å²) in [5.41, 5.74) is -0.113. The van der Waals surface area contributed by atoms with Crippen LogP contribution in [-0.2, 0) is 13.9 Å². The molecule has 1 heterocycles. The molecule has 34 heavy (non-hydrogen) atoms. The molecule has 3 aromatic rings. The number of hydrogen-bond donors (Lipinski definition) is 0. The first-order chi connectivity index (χ1) is 16.1. The van der Waals surface area contributed by atoms with Crippen LogP contribution >= 0.6 is 7.14 Å². The summed E-state index contributed by atoms with van der Waals surface area (Å²) in [7, 11) is -2.34. The van der Waals surface area contributed by atoms with Gasteiger partial charge in [-0.05, 0) is 50.9 Å². The molecule has 1 unspecified atom stereocenters. The maximum atomic E-state index is 15.4. The Balaban J connectivity index is 1.92. The molecule has 0 bridgehead atoms. The molecule has 0 spiro atoms. The molecule has 0 saturated carbocycles. The third-order valence-electron chi connectivity index (χ3n) is 6.98. The predicted octanol–water partition coefficient (Wildman–Crippen LogP) is 5.94. The van der Waals surface area contributed by atoms with E-state index in [1.165, 1.54) is 0 Å². The number of methoxy groups -OCH3 is 1. The van der Waals surface area contributed by atoms with Crippen molar-refractivity contribution in [3.05, 3.63) is 103 Å². The molecule has 1 atom stereocenters. The Morgan fingerprint density at radius 1 is 0.824 bits per heavy atom. The van der Waals surface area contributed by atoms with Crippen LogP contribution < -0.4 is 15.3 Å². The molecule has 1 saturated heterocycles. The zero-order valence-corrected chi connectivity index (χ0v) is 21.4. The van der Waals surface area contributed by atoms with E-state index >= 15 is 4.57 Å². The molecule has 4 nitrogen and oxygen atoms in total. The normalized spacial score (nSPS) is 17.9. The molecule has 176 valence electrons. The van der Waals surface area contributed by atoms with Crippen LogP contribution in [0.1, 0.15) is 38.9 Å². The topological polar surface area (TPSA) is 44.8 Å². The summed E-state index contributed by atoms with van der Waals surface area (Å²) < 4.78 is 33.5.